The number of rotatable bonds is 1. The third kappa shape index (κ3) is 2.87. The molecule has 0 saturated heterocycles. The van der Waals surface area contributed by atoms with Crippen LogP contribution in [0, 0.1) is 0 Å². The molecule has 0 amide bonds. The van der Waals surface area contributed by atoms with Crippen molar-refractivity contribution in [2.24, 2.45) is 0 Å². The smallest absolute Gasteiger partial charge is 0.122 e. The molecule has 0 aliphatic carbocycles. The van der Waals surface area contributed by atoms with E-state index >= 15 is 0 Å². The summed E-state index contributed by atoms with van der Waals surface area (Å²) in [7, 11) is 1.57. The van der Waals surface area contributed by atoms with Crippen LogP contribution in [0.4, 0.5) is 5.69 Å². The Hall–Kier alpha value is -0.600. The second kappa shape index (κ2) is 4.31. The van der Waals surface area contributed by atoms with E-state index in [9.17, 15) is 0 Å². The van der Waals surface area contributed by atoms with Crippen LogP contribution in [0.5, 0.6) is 5.75 Å². The molecule has 4 heteroatoms. The highest BCUT2D eigenvalue weighted by molar-refractivity contribution is 6.31. The Balaban J connectivity index is 0.000001000. The van der Waals surface area contributed by atoms with Crippen LogP contribution in [-0.2, 0) is 0 Å². The van der Waals surface area contributed by atoms with E-state index in [4.69, 9.17) is 22.1 Å². The van der Waals surface area contributed by atoms with Crippen molar-refractivity contribution in [2.45, 2.75) is 0 Å². The van der Waals surface area contributed by atoms with E-state index in [0.717, 1.165) is 0 Å². The van der Waals surface area contributed by atoms with Crippen LogP contribution >= 0.6 is 24.0 Å². The molecule has 1 aromatic rings. The fraction of sp³-hybridized carbons (Fsp3) is 0.143. The molecular weight excluding hydrogens is 185 g/mol. The van der Waals surface area contributed by atoms with E-state index in [2.05, 4.69) is 0 Å². The van der Waals surface area contributed by atoms with Crippen LogP contribution in [0.15, 0.2) is 18.2 Å². The third-order valence-electron chi connectivity index (χ3n) is 1.13. The Morgan fingerprint density at radius 2 is 2.00 bits per heavy atom. The van der Waals surface area contributed by atoms with E-state index in [1.165, 1.54) is 0 Å². The lowest BCUT2D eigenvalue weighted by Gasteiger charge is -2.00. The maximum atomic E-state index is 5.67. The number of nitrogens with two attached hydrogens (primary N) is 1. The highest BCUT2D eigenvalue weighted by Crippen LogP contribution is 2.21. The van der Waals surface area contributed by atoms with Gasteiger partial charge < -0.3 is 10.5 Å². The molecule has 11 heavy (non-hydrogen) atoms. The van der Waals surface area contributed by atoms with Crippen LogP contribution in [0.25, 0.3) is 0 Å². The largest absolute Gasteiger partial charge is 0.497 e. The van der Waals surface area contributed by atoms with Gasteiger partial charge in [-0.3, -0.25) is 0 Å². The zero-order valence-electron chi connectivity index (χ0n) is 6.00. The molecule has 2 N–H and O–H groups in total. The van der Waals surface area contributed by atoms with Crippen LogP contribution in [0.1, 0.15) is 0 Å². The Bertz CT molecular complexity index is 220. The van der Waals surface area contributed by atoms with E-state index in [1.54, 1.807) is 25.3 Å². The summed E-state index contributed by atoms with van der Waals surface area (Å²) in [4.78, 5) is 0. The first-order chi connectivity index (χ1) is 4.72. The van der Waals surface area contributed by atoms with Crippen molar-refractivity contribution in [3.05, 3.63) is 23.2 Å². The summed E-state index contributed by atoms with van der Waals surface area (Å²) >= 11 is 5.67. The lowest BCUT2D eigenvalue weighted by atomic mass is 10.3. The van der Waals surface area contributed by atoms with Gasteiger partial charge in [0, 0.05) is 16.8 Å². The molecule has 0 heterocycles. The van der Waals surface area contributed by atoms with Crippen molar-refractivity contribution < 1.29 is 4.74 Å². The van der Waals surface area contributed by atoms with Gasteiger partial charge in [-0.2, -0.15) is 0 Å². The van der Waals surface area contributed by atoms with Gasteiger partial charge >= 0.3 is 0 Å². The maximum absolute atomic E-state index is 5.67. The Morgan fingerprint density at radius 3 is 2.45 bits per heavy atom. The molecule has 0 saturated carbocycles. The van der Waals surface area contributed by atoms with Gasteiger partial charge in [-0.15, -0.1) is 12.4 Å². The summed E-state index contributed by atoms with van der Waals surface area (Å²) in [5, 5.41) is 0.594. The van der Waals surface area contributed by atoms with Gasteiger partial charge in [-0.1, -0.05) is 11.6 Å². The molecule has 62 valence electrons. The van der Waals surface area contributed by atoms with Crippen LogP contribution < -0.4 is 10.5 Å². The number of anilines is 1. The fourth-order valence-electron chi connectivity index (χ4n) is 0.702. The topological polar surface area (TPSA) is 35.2 Å². The number of methoxy groups -OCH3 is 1. The molecule has 0 radical (unpaired) electrons. The van der Waals surface area contributed by atoms with Crippen molar-refractivity contribution in [3.8, 4) is 5.75 Å². The zero-order chi connectivity index (χ0) is 7.56. The summed E-state index contributed by atoms with van der Waals surface area (Å²) in [6.07, 6.45) is 0. The summed E-state index contributed by atoms with van der Waals surface area (Å²) in [6, 6.07) is 5.09. The predicted molar refractivity (Wildman–Crippen MR) is 49.7 cm³/mol. The summed E-state index contributed by atoms with van der Waals surface area (Å²) in [6.45, 7) is 0. The number of hydrogen-bond donors (Lipinski definition) is 1. The number of nitrogen functional groups attached to an aromatic ring is 1. The third-order valence-corrected chi connectivity index (χ3v) is 1.35. The summed E-state index contributed by atoms with van der Waals surface area (Å²) in [5.74, 6) is 0.685. The quantitative estimate of drug-likeness (QED) is 0.696. The van der Waals surface area contributed by atoms with Crippen molar-refractivity contribution >= 4 is 29.7 Å². The Labute approximate surface area is 76.7 Å². The van der Waals surface area contributed by atoms with Crippen molar-refractivity contribution in [3.63, 3.8) is 0 Å². The Kier molecular flexibility index (Phi) is 4.08. The van der Waals surface area contributed by atoms with Crippen molar-refractivity contribution in [2.75, 3.05) is 12.8 Å². The number of hydrogen-bond acceptors (Lipinski definition) is 2. The number of benzene rings is 1. The molecule has 1 aromatic carbocycles. The van der Waals surface area contributed by atoms with E-state index in [0.29, 0.717) is 16.5 Å². The first-order valence-corrected chi connectivity index (χ1v) is 3.20. The van der Waals surface area contributed by atoms with Crippen molar-refractivity contribution in [1.82, 2.24) is 0 Å². The molecule has 0 unspecified atom stereocenters. The van der Waals surface area contributed by atoms with E-state index < -0.39 is 0 Å². The average Bonchev–Trinajstić information content (AvgIpc) is 1.85. The molecule has 2 nitrogen and oxygen atoms in total. The number of ether oxygens (including phenoxy) is 1. The van der Waals surface area contributed by atoms with Gasteiger partial charge in [0.2, 0.25) is 0 Å². The molecule has 0 aromatic heterocycles. The SMILES string of the molecule is COc1cc(N)cc(Cl)c1.Cl. The zero-order valence-corrected chi connectivity index (χ0v) is 7.58. The minimum atomic E-state index is 0. The minimum absolute atomic E-state index is 0. The second-order valence-corrected chi connectivity index (χ2v) is 2.36. The average molecular weight is 194 g/mol. The molecule has 0 spiro atoms. The molecule has 0 atom stereocenters. The fourth-order valence-corrected chi connectivity index (χ4v) is 0.936. The van der Waals surface area contributed by atoms with Gasteiger partial charge in [0.05, 0.1) is 7.11 Å². The van der Waals surface area contributed by atoms with E-state index in [-0.39, 0.29) is 12.4 Å². The van der Waals surface area contributed by atoms with Crippen LogP contribution in [-0.4, -0.2) is 7.11 Å². The van der Waals surface area contributed by atoms with Gasteiger partial charge in [0.15, 0.2) is 0 Å². The first kappa shape index (κ1) is 10.4. The van der Waals surface area contributed by atoms with E-state index in [1.807, 2.05) is 0 Å². The van der Waals surface area contributed by atoms with Crippen LogP contribution in [0.3, 0.4) is 0 Å². The van der Waals surface area contributed by atoms with Gasteiger partial charge in [0.1, 0.15) is 5.75 Å². The highest BCUT2D eigenvalue weighted by atomic mass is 35.5. The van der Waals surface area contributed by atoms with Crippen molar-refractivity contribution in [1.29, 1.82) is 0 Å². The normalized spacial score (nSPS) is 8.55. The summed E-state index contributed by atoms with van der Waals surface area (Å²) in [5.41, 5.74) is 6.09. The molecule has 0 aliphatic heterocycles. The van der Waals surface area contributed by atoms with Gasteiger partial charge in [0.25, 0.3) is 0 Å². The van der Waals surface area contributed by atoms with Crippen LogP contribution in [0.2, 0.25) is 5.02 Å². The van der Waals surface area contributed by atoms with Gasteiger partial charge in [-0.25, -0.2) is 0 Å². The maximum Gasteiger partial charge on any atom is 0.122 e. The number of halogens is 2. The lowest BCUT2D eigenvalue weighted by molar-refractivity contribution is 0.415. The van der Waals surface area contributed by atoms with Gasteiger partial charge in [-0.05, 0) is 12.1 Å². The molecule has 0 fully saturated rings. The molecule has 0 aliphatic rings. The predicted octanol–water partition coefficient (Wildman–Crippen LogP) is 2.35. The molecule has 0 bridgehead atoms. The standard InChI is InChI=1S/C7H8ClNO.ClH/c1-10-7-3-5(8)2-6(9)4-7;/h2-4H,9H2,1H3;1H. The monoisotopic (exact) mass is 193 g/mol. The molecular formula is C7H9Cl2NO. The minimum Gasteiger partial charge on any atom is -0.497 e. The summed E-state index contributed by atoms with van der Waals surface area (Å²) < 4.78 is 4.91. The Morgan fingerprint density at radius 1 is 1.36 bits per heavy atom. The molecule has 1 rings (SSSR count). The highest BCUT2D eigenvalue weighted by Gasteiger charge is 1.94. The lowest BCUT2D eigenvalue weighted by Crippen LogP contribution is -1.87. The second-order valence-electron chi connectivity index (χ2n) is 1.92. The first-order valence-electron chi connectivity index (χ1n) is 2.82.